The summed E-state index contributed by atoms with van der Waals surface area (Å²) in [6.07, 6.45) is -11.3. The summed E-state index contributed by atoms with van der Waals surface area (Å²) < 4.78 is 85.3. The molecule has 0 aliphatic heterocycles. The van der Waals surface area contributed by atoms with E-state index in [-0.39, 0.29) is 25.0 Å². The molecule has 0 unspecified atom stereocenters. The number of halogens is 6. The number of hydrogen-bond acceptors (Lipinski definition) is 6. The minimum Gasteiger partial charge on any atom is -0.465 e. The quantitative estimate of drug-likeness (QED) is 0.144. The summed E-state index contributed by atoms with van der Waals surface area (Å²) in [5.41, 5.74) is -5.10. The van der Waals surface area contributed by atoms with Gasteiger partial charge in [0.2, 0.25) is 5.91 Å². The Kier molecular flexibility index (Phi) is 12.3. The van der Waals surface area contributed by atoms with Crippen molar-refractivity contribution in [1.29, 1.82) is 0 Å². The van der Waals surface area contributed by atoms with Crippen LogP contribution in [0.5, 0.6) is 0 Å². The zero-order valence-corrected chi connectivity index (χ0v) is 22.3. The van der Waals surface area contributed by atoms with E-state index < -0.39 is 71.5 Å². The highest BCUT2D eigenvalue weighted by Gasteiger charge is 2.43. The first kappa shape index (κ1) is 34.1. The molecule has 2 aromatic rings. The minimum absolute atomic E-state index is 0.0650. The number of esters is 1. The fourth-order valence-corrected chi connectivity index (χ4v) is 3.99. The molecule has 2 amide bonds. The fourth-order valence-electron chi connectivity index (χ4n) is 3.99. The number of carbonyl (C=O) groups excluding carboxylic acids is 3. The number of ketones is 1. The number of carboxylic acid groups (broad SMARTS) is 1. The number of unbranched alkanes of at least 4 members (excludes halogenated alkanes) is 1. The van der Waals surface area contributed by atoms with Crippen molar-refractivity contribution in [2.24, 2.45) is 0 Å². The Balaban J connectivity index is 2.29. The Morgan fingerprint density at radius 2 is 1.43 bits per heavy atom. The maximum atomic E-state index is 13.4. The van der Waals surface area contributed by atoms with Crippen LogP contribution >= 0.6 is 0 Å². The number of benzene rings is 2. The maximum absolute atomic E-state index is 13.4. The third-order valence-electron chi connectivity index (χ3n) is 6.00. The topological polar surface area (TPSA) is 134 Å². The van der Waals surface area contributed by atoms with Crippen LogP contribution in [-0.2, 0) is 33.1 Å². The summed E-state index contributed by atoms with van der Waals surface area (Å²) in [6, 6.07) is 6.34. The first-order valence-corrected chi connectivity index (χ1v) is 12.6. The standard InChI is InChI=1S/C27H29F6N3O6/c1-34-13-6-5-12-19(36-25(40)41)23(38)35-20(14-16-8-3-2-4-9-16)21(37)15-42-24(39)22-17(26(28,29)30)10-7-11-18(22)27(31,32)33/h2-4,7-11,19-20,34,36H,5-6,12-15H2,1H3,(H,35,38)(H,40,41)/t19-,20-/m0/s1. The van der Waals surface area contributed by atoms with Crippen molar-refractivity contribution in [3.8, 4) is 0 Å². The van der Waals surface area contributed by atoms with Gasteiger partial charge in [-0.05, 0) is 57.0 Å². The fraction of sp³-hybridized carbons (Fsp3) is 0.407. The van der Waals surface area contributed by atoms with Crippen molar-refractivity contribution in [2.75, 3.05) is 20.2 Å². The molecule has 9 nitrogen and oxygen atoms in total. The molecular formula is C27H29F6N3O6. The van der Waals surface area contributed by atoms with E-state index in [1.165, 1.54) is 0 Å². The molecule has 0 aliphatic carbocycles. The van der Waals surface area contributed by atoms with Gasteiger partial charge in [-0.15, -0.1) is 0 Å². The molecule has 0 saturated heterocycles. The molecule has 0 radical (unpaired) electrons. The normalized spacial score (nSPS) is 13.1. The van der Waals surface area contributed by atoms with Gasteiger partial charge in [0, 0.05) is 0 Å². The second-order valence-corrected chi connectivity index (χ2v) is 9.12. The first-order chi connectivity index (χ1) is 19.6. The highest BCUT2D eigenvalue weighted by atomic mass is 19.4. The van der Waals surface area contributed by atoms with Crippen molar-refractivity contribution < 1.29 is 55.4 Å². The van der Waals surface area contributed by atoms with Crippen LogP contribution in [0.1, 0.15) is 46.3 Å². The lowest BCUT2D eigenvalue weighted by Gasteiger charge is -2.23. The van der Waals surface area contributed by atoms with E-state index in [1.807, 2.05) is 0 Å². The summed E-state index contributed by atoms with van der Waals surface area (Å²) in [7, 11) is 1.71. The third-order valence-corrected chi connectivity index (χ3v) is 6.00. The Bertz CT molecular complexity index is 1200. The third kappa shape index (κ3) is 10.4. The molecule has 2 rings (SSSR count). The summed E-state index contributed by atoms with van der Waals surface area (Å²) in [5.74, 6) is -3.99. The number of amides is 2. The van der Waals surface area contributed by atoms with Crippen LogP contribution in [0.3, 0.4) is 0 Å². The Hall–Kier alpha value is -4.14. The van der Waals surface area contributed by atoms with Crippen LogP contribution in [0, 0.1) is 0 Å². The zero-order valence-electron chi connectivity index (χ0n) is 22.3. The van der Waals surface area contributed by atoms with Gasteiger partial charge in [-0.1, -0.05) is 36.4 Å². The lowest BCUT2D eigenvalue weighted by molar-refractivity contribution is -0.144. The lowest BCUT2D eigenvalue weighted by atomic mass is 9.99. The first-order valence-electron chi connectivity index (χ1n) is 12.6. The van der Waals surface area contributed by atoms with E-state index in [9.17, 15) is 45.5 Å². The second-order valence-electron chi connectivity index (χ2n) is 9.12. The van der Waals surface area contributed by atoms with Gasteiger partial charge in [-0.2, -0.15) is 26.3 Å². The maximum Gasteiger partial charge on any atom is 0.417 e. The number of nitrogens with one attached hydrogen (secondary N) is 3. The van der Waals surface area contributed by atoms with E-state index in [0.29, 0.717) is 31.0 Å². The molecule has 0 aromatic heterocycles. The second kappa shape index (κ2) is 15.2. The van der Waals surface area contributed by atoms with Crippen LogP contribution in [-0.4, -0.2) is 61.1 Å². The van der Waals surface area contributed by atoms with E-state index >= 15 is 0 Å². The van der Waals surface area contributed by atoms with E-state index in [4.69, 9.17) is 5.11 Å². The monoisotopic (exact) mass is 605 g/mol. The van der Waals surface area contributed by atoms with Crippen molar-refractivity contribution >= 4 is 23.8 Å². The molecule has 0 aliphatic rings. The Labute approximate surface area is 236 Å². The van der Waals surface area contributed by atoms with Gasteiger partial charge in [0.05, 0.1) is 22.7 Å². The average Bonchev–Trinajstić information content (AvgIpc) is 2.91. The van der Waals surface area contributed by atoms with Crippen LogP contribution in [0.25, 0.3) is 0 Å². The summed E-state index contributed by atoms with van der Waals surface area (Å²) in [6.45, 7) is -0.686. The molecule has 2 atom stereocenters. The number of alkyl halides is 6. The smallest absolute Gasteiger partial charge is 0.417 e. The van der Waals surface area contributed by atoms with Gasteiger partial charge in [-0.3, -0.25) is 9.59 Å². The summed E-state index contributed by atoms with van der Waals surface area (Å²) >= 11 is 0. The predicted octanol–water partition coefficient (Wildman–Crippen LogP) is 4.20. The molecule has 0 heterocycles. The molecule has 0 spiro atoms. The molecule has 0 bridgehead atoms. The van der Waals surface area contributed by atoms with E-state index in [1.54, 1.807) is 37.4 Å². The van der Waals surface area contributed by atoms with Crippen LogP contribution in [0.2, 0.25) is 0 Å². The van der Waals surface area contributed by atoms with Gasteiger partial charge in [-0.25, -0.2) is 9.59 Å². The van der Waals surface area contributed by atoms with Gasteiger partial charge < -0.3 is 25.8 Å². The molecule has 2 aromatic carbocycles. The van der Waals surface area contributed by atoms with Crippen LogP contribution in [0.4, 0.5) is 31.1 Å². The highest BCUT2D eigenvalue weighted by molar-refractivity contribution is 5.97. The largest absolute Gasteiger partial charge is 0.465 e. The Morgan fingerprint density at radius 3 is 1.95 bits per heavy atom. The molecule has 230 valence electrons. The number of rotatable bonds is 14. The number of ether oxygens (including phenoxy) is 1. The van der Waals surface area contributed by atoms with Crippen molar-refractivity contribution in [3.05, 3.63) is 70.8 Å². The molecular weight excluding hydrogens is 576 g/mol. The molecule has 15 heteroatoms. The van der Waals surface area contributed by atoms with Gasteiger partial charge in [0.25, 0.3) is 0 Å². The zero-order chi connectivity index (χ0) is 31.5. The van der Waals surface area contributed by atoms with E-state index in [0.717, 1.165) is 0 Å². The van der Waals surface area contributed by atoms with E-state index in [2.05, 4.69) is 20.7 Å². The van der Waals surface area contributed by atoms with Crippen molar-refractivity contribution in [3.63, 3.8) is 0 Å². The summed E-state index contributed by atoms with van der Waals surface area (Å²) in [5, 5.41) is 16.5. The van der Waals surface area contributed by atoms with Crippen LogP contribution in [0.15, 0.2) is 48.5 Å². The molecule has 42 heavy (non-hydrogen) atoms. The summed E-state index contributed by atoms with van der Waals surface area (Å²) in [4.78, 5) is 49.8. The lowest BCUT2D eigenvalue weighted by Crippen LogP contribution is -2.52. The van der Waals surface area contributed by atoms with Crippen molar-refractivity contribution in [1.82, 2.24) is 16.0 Å². The predicted molar refractivity (Wildman–Crippen MR) is 137 cm³/mol. The number of carbonyl (C=O) groups is 4. The van der Waals surface area contributed by atoms with Gasteiger partial charge >= 0.3 is 24.4 Å². The van der Waals surface area contributed by atoms with Gasteiger partial charge in [0.15, 0.2) is 12.4 Å². The molecule has 0 saturated carbocycles. The number of hydrogen-bond donors (Lipinski definition) is 4. The molecule has 0 fully saturated rings. The van der Waals surface area contributed by atoms with Crippen LogP contribution < -0.4 is 16.0 Å². The minimum atomic E-state index is -5.34. The SMILES string of the molecule is CNCCCC[C@H](NC(=O)O)C(=O)N[C@@H](Cc1ccccc1)C(=O)COC(=O)c1c(C(F)(F)F)cccc1C(F)(F)F. The van der Waals surface area contributed by atoms with Gasteiger partial charge in [0.1, 0.15) is 6.04 Å². The Morgan fingerprint density at radius 1 is 0.833 bits per heavy atom. The van der Waals surface area contributed by atoms with Crippen molar-refractivity contribution in [2.45, 2.75) is 50.1 Å². The average molecular weight is 606 g/mol. The highest BCUT2D eigenvalue weighted by Crippen LogP contribution is 2.39. The number of Topliss-reactive ketones (excluding diaryl/α,β-unsaturated/α-hetero) is 1. The molecule has 4 N–H and O–H groups in total.